The third-order valence-corrected chi connectivity index (χ3v) is 6.86. The standard InChI is InChI=1S/C14H24N2O2S2/c1-3-15-9-12-8-13(19-10-12)20(17,18)16-11-14(2)6-4-5-7-14/h8,10,15-16H,3-7,9,11H2,1-2H3. The summed E-state index contributed by atoms with van der Waals surface area (Å²) in [5.74, 6) is 0. The fraction of sp³-hybridized carbons (Fsp3) is 0.714. The van der Waals surface area contributed by atoms with Crippen LogP contribution in [0.3, 0.4) is 0 Å². The second-order valence-electron chi connectivity index (χ2n) is 5.90. The highest BCUT2D eigenvalue weighted by Gasteiger charge is 2.30. The van der Waals surface area contributed by atoms with Crippen LogP contribution in [-0.2, 0) is 16.6 Å². The van der Waals surface area contributed by atoms with Crippen molar-refractivity contribution in [2.75, 3.05) is 13.1 Å². The maximum atomic E-state index is 12.3. The lowest BCUT2D eigenvalue weighted by Crippen LogP contribution is -2.33. The molecule has 114 valence electrons. The highest BCUT2D eigenvalue weighted by atomic mass is 32.2. The van der Waals surface area contributed by atoms with Crippen molar-refractivity contribution in [3.8, 4) is 0 Å². The van der Waals surface area contributed by atoms with Crippen molar-refractivity contribution in [3.05, 3.63) is 17.0 Å². The summed E-state index contributed by atoms with van der Waals surface area (Å²) in [5.41, 5.74) is 1.17. The Labute approximate surface area is 126 Å². The molecule has 0 saturated heterocycles. The van der Waals surface area contributed by atoms with Crippen molar-refractivity contribution >= 4 is 21.4 Å². The van der Waals surface area contributed by atoms with E-state index in [1.54, 1.807) is 6.07 Å². The van der Waals surface area contributed by atoms with Crippen LogP contribution >= 0.6 is 11.3 Å². The maximum absolute atomic E-state index is 12.3. The highest BCUT2D eigenvalue weighted by molar-refractivity contribution is 7.91. The van der Waals surface area contributed by atoms with Crippen LogP contribution in [-0.4, -0.2) is 21.5 Å². The van der Waals surface area contributed by atoms with Crippen LogP contribution in [0, 0.1) is 5.41 Å². The summed E-state index contributed by atoms with van der Waals surface area (Å²) in [6, 6.07) is 1.77. The quantitative estimate of drug-likeness (QED) is 0.813. The van der Waals surface area contributed by atoms with E-state index in [2.05, 4.69) is 17.0 Å². The number of thiophene rings is 1. The lowest BCUT2D eigenvalue weighted by Gasteiger charge is -2.23. The first-order valence-corrected chi connectivity index (χ1v) is 9.59. The van der Waals surface area contributed by atoms with E-state index in [0.717, 1.165) is 31.5 Å². The van der Waals surface area contributed by atoms with Gasteiger partial charge in [0.05, 0.1) is 0 Å². The molecule has 0 spiro atoms. The Bertz CT molecular complexity index is 531. The van der Waals surface area contributed by atoms with Crippen molar-refractivity contribution in [2.45, 2.75) is 50.3 Å². The van der Waals surface area contributed by atoms with Gasteiger partial charge in [0, 0.05) is 13.1 Å². The van der Waals surface area contributed by atoms with E-state index < -0.39 is 10.0 Å². The van der Waals surface area contributed by atoms with Crippen LogP contribution in [0.4, 0.5) is 0 Å². The van der Waals surface area contributed by atoms with Crippen LogP contribution in [0.15, 0.2) is 15.7 Å². The van der Waals surface area contributed by atoms with Crippen molar-refractivity contribution in [1.29, 1.82) is 0 Å². The van der Waals surface area contributed by atoms with Gasteiger partial charge in [-0.05, 0) is 41.8 Å². The second kappa shape index (κ2) is 6.56. The molecule has 0 atom stereocenters. The summed E-state index contributed by atoms with van der Waals surface area (Å²) in [6.45, 7) is 6.37. The average Bonchev–Trinajstić information content (AvgIpc) is 3.04. The highest BCUT2D eigenvalue weighted by Crippen LogP contribution is 2.37. The lowest BCUT2D eigenvalue weighted by atomic mass is 9.89. The number of nitrogens with one attached hydrogen (secondary N) is 2. The molecule has 1 aliphatic carbocycles. The molecular formula is C14H24N2O2S2. The number of hydrogen-bond acceptors (Lipinski definition) is 4. The van der Waals surface area contributed by atoms with Crippen molar-refractivity contribution in [3.63, 3.8) is 0 Å². The summed E-state index contributed by atoms with van der Waals surface area (Å²) in [7, 11) is -3.35. The van der Waals surface area contributed by atoms with Crippen LogP contribution in [0.25, 0.3) is 0 Å². The molecule has 1 fully saturated rings. The second-order valence-corrected chi connectivity index (χ2v) is 8.80. The minimum absolute atomic E-state index is 0.136. The van der Waals surface area contributed by atoms with Gasteiger partial charge in [-0.1, -0.05) is 26.7 Å². The molecule has 1 heterocycles. The molecule has 0 radical (unpaired) electrons. The van der Waals surface area contributed by atoms with Gasteiger partial charge in [-0.15, -0.1) is 11.3 Å². The predicted octanol–water partition coefficient (Wildman–Crippen LogP) is 2.72. The minimum atomic E-state index is -3.35. The fourth-order valence-corrected chi connectivity index (χ4v) is 5.06. The van der Waals surface area contributed by atoms with Crippen molar-refractivity contribution < 1.29 is 8.42 Å². The Morgan fingerprint density at radius 3 is 2.70 bits per heavy atom. The molecule has 1 aliphatic rings. The van der Waals surface area contributed by atoms with E-state index in [-0.39, 0.29) is 5.41 Å². The third kappa shape index (κ3) is 4.04. The number of rotatable bonds is 7. The smallest absolute Gasteiger partial charge is 0.250 e. The van der Waals surface area contributed by atoms with Crippen LogP contribution in [0.5, 0.6) is 0 Å². The van der Waals surface area contributed by atoms with Crippen molar-refractivity contribution in [2.24, 2.45) is 5.41 Å². The first kappa shape index (κ1) is 15.9. The molecule has 0 unspecified atom stereocenters. The van der Waals surface area contributed by atoms with Crippen LogP contribution < -0.4 is 10.0 Å². The van der Waals surface area contributed by atoms with Crippen LogP contribution in [0.2, 0.25) is 0 Å². The van der Waals surface area contributed by atoms with E-state index in [4.69, 9.17) is 0 Å². The monoisotopic (exact) mass is 316 g/mol. The van der Waals surface area contributed by atoms with Gasteiger partial charge < -0.3 is 5.32 Å². The van der Waals surface area contributed by atoms with E-state index in [9.17, 15) is 8.42 Å². The zero-order chi connectivity index (χ0) is 14.6. The molecule has 1 aromatic rings. The van der Waals surface area contributed by atoms with Gasteiger partial charge in [-0.2, -0.15) is 0 Å². The molecule has 2 rings (SSSR count). The SMILES string of the molecule is CCNCc1csc(S(=O)(=O)NCC2(C)CCCC2)c1. The van der Waals surface area contributed by atoms with Gasteiger partial charge in [0.2, 0.25) is 10.0 Å². The average molecular weight is 316 g/mol. The summed E-state index contributed by atoms with van der Waals surface area (Å²) < 4.78 is 27.8. The molecule has 0 aromatic carbocycles. The predicted molar refractivity (Wildman–Crippen MR) is 83.5 cm³/mol. The Morgan fingerprint density at radius 1 is 1.35 bits per heavy atom. The first-order chi connectivity index (χ1) is 9.45. The Balaban J connectivity index is 1.97. The van der Waals surface area contributed by atoms with Gasteiger partial charge in [-0.25, -0.2) is 13.1 Å². The van der Waals surface area contributed by atoms with E-state index >= 15 is 0 Å². The molecule has 6 heteroatoms. The Kier molecular flexibility index (Phi) is 5.23. The molecule has 20 heavy (non-hydrogen) atoms. The molecule has 0 amide bonds. The van der Waals surface area contributed by atoms with Crippen LogP contribution in [0.1, 0.15) is 45.1 Å². The fourth-order valence-electron chi connectivity index (χ4n) is 2.60. The molecule has 4 nitrogen and oxygen atoms in total. The summed E-state index contributed by atoms with van der Waals surface area (Å²) in [5, 5.41) is 5.11. The number of sulfonamides is 1. The van der Waals surface area contributed by atoms with Gasteiger partial charge in [0.25, 0.3) is 0 Å². The van der Waals surface area contributed by atoms with Gasteiger partial charge in [-0.3, -0.25) is 0 Å². The van der Waals surface area contributed by atoms with Crippen molar-refractivity contribution in [1.82, 2.24) is 10.0 Å². The summed E-state index contributed by atoms with van der Waals surface area (Å²) >= 11 is 1.30. The van der Waals surface area contributed by atoms with E-state index in [1.165, 1.54) is 24.2 Å². The third-order valence-electron chi connectivity index (χ3n) is 3.97. The zero-order valence-corrected chi connectivity index (χ0v) is 13.9. The topological polar surface area (TPSA) is 58.2 Å². The lowest BCUT2D eigenvalue weighted by molar-refractivity contribution is 0.336. The van der Waals surface area contributed by atoms with E-state index in [1.807, 2.05) is 12.3 Å². The minimum Gasteiger partial charge on any atom is -0.313 e. The van der Waals surface area contributed by atoms with Gasteiger partial charge in [0.1, 0.15) is 4.21 Å². The Hall–Kier alpha value is -0.430. The Morgan fingerprint density at radius 2 is 2.05 bits per heavy atom. The summed E-state index contributed by atoms with van der Waals surface area (Å²) in [6.07, 6.45) is 4.66. The molecule has 1 aromatic heterocycles. The molecular weight excluding hydrogens is 292 g/mol. The maximum Gasteiger partial charge on any atom is 0.250 e. The van der Waals surface area contributed by atoms with Gasteiger partial charge in [0.15, 0.2) is 0 Å². The van der Waals surface area contributed by atoms with E-state index in [0.29, 0.717) is 10.8 Å². The molecule has 0 bridgehead atoms. The zero-order valence-electron chi connectivity index (χ0n) is 12.2. The largest absolute Gasteiger partial charge is 0.313 e. The van der Waals surface area contributed by atoms with Gasteiger partial charge >= 0.3 is 0 Å². The molecule has 0 aliphatic heterocycles. The number of hydrogen-bond donors (Lipinski definition) is 2. The first-order valence-electron chi connectivity index (χ1n) is 7.23. The molecule has 2 N–H and O–H groups in total. The molecule has 1 saturated carbocycles. The normalized spacial score (nSPS) is 18.5. The summed E-state index contributed by atoms with van der Waals surface area (Å²) in [4.78, 5) is 0.